The Morgan fingerprint density at radius 3 is 2.33 bits per heavy atom. The molecule has 2 aliphatic heterocycles. The van der Waals surface area contributed by atoms with Gasteiger partial charge in [-0.1, -0.05) is 44.2 Å². The van der Waals surface area contributed by atoms with Crippen molar-refractivity contribution in [1.29, 1.82) is 0 Å². The van der Waals surface area contributed by atoms with Gasteiger partial charge in [0, 0.05) is 31.0 Å². The molecule has 1 aromatic rings. The summed E-state index contributed by atoms with van der Waals surface area (Å²) in [6.45, 7) is 4.69. The molecule has 0 spiro atoms. The zero-order valence-corrected chi connectivity index (χ0v) is 24.3. The Bertz CT molecular complexity index is 1230. The molecule has 3 aliphatic carbocycles. The maximum atomic E-state index is 13.7. The van der Waals surface area contributed by atoms with Gasteiger partial charge < -0.3 is 26.2 Å². The second-order valence-corrected chi connectivity index (χ2v) is 12.7. The lowest BCUT2D eigenvalue weighted by Crippen LogP contribution is -2.64. The Morgan fingerprint density at radius 1 is 1.02 bits per heavy atom. The average molecular weight is 580 g/mol. The minimum absolute atomic E-state index is 0.0103. The quantitative estimate of drug-likeness (QED) is 0.269. The largest absolute Gasteiger partial charge is 0.356 e. The van der Waals surface area contributed by atoms with E-state index in [4.69, 9.17) is 0 Å². The van der Waals surface area contributed by atoms with Gasteiger partial charge in [-0.2, -0.15) is 0 Å². The first-order chi connectivity index (χ1) is 20.1. The molecule has 1 aromatic carbocycles. The van der Waals surface area contributed by atoms with E-state index in [1.807, 2.05) is 44.2 Å². The molecule has 2 saturated heterocycles. The van der Waals surface area contributed by atoms with E-state index in [9.17, 15) is 28.8 Å². The number of carbonyl (C=O) groups is 6. The molecule has 42 heavy (non-hydrogen) atoms. The number of carbonyl (C=O) groups excluding carboxylic acids is 6. The molecule has 2 heterocycles. The van der Waals surface area contributed by atoms with Gasteiger partial charge in [0.05, 0.1) is 6.04 Å². The SMILES string of the molecule is CC(C)C(NC(=O)C12CC(C1)C2)C(=O)N1CCC[C@H]1C(=O)N[C@@H](C[C@@H]1CCNC1=O)C(=O)C(=O)NCc1ccccc1. The first-order valence-corrected chi connectivity index (χ1v) is 15.1. The van der Waals surface area contributed by atoms with Gasteiger partial charge in [0.25, 0.3) is 5.91 Å². The number of amides is 5. The summed E-state index contributed by atoms with van der Waals surface area (Å²) in [5.74, 6) is -2.91. The third kappa shape index (κ3) is 6.05. The van der Waals surface area contributed by atoms with E-state index >= 15 is 0 Å². The normalized spacial score (nSPS) is 27.3. The van der Waals surface area contributed by atoms with Crippen LogP contribution >= 0.6 is 0 Å². The number of Topliss-reactive ketones (excluding diaryl/α,β-unsaturated/α-hetero) is 1. The minimum atomic E-state index is -1.22. The number of ketones is 1. The van der Waals surface area contributed by atoms with E-state index in [-0.39, 0.29) is 42.0 Å². The second kappa shape index (κ2) is 12.2. The summed E-state index contributed by atoms with van der Waals surface area (Å²) in [5, 5.41) is 11.0. The average Bonchev–Trinajstić information content (AvgIpc) is 3.57. The summed E-state index contributed by atoms with van der Waals surface area (Å²) in [6.07, 6.45) is 4.10. The third-order valence-corrected chi connectivity index (χ3v) is 9.41. The molecule has 3 saturated carbocycles. The van der Waals surface area contributed by atoms with Crippen molar-refractivity contribution < 1.29 is 28.8 Å². The van der Waals surface area contributed by atoms with Crippen molar-refractivity contribution in [2.75, 3.05) is 13.1 Å². The van der Waals surface area contributed by atoms with Crippen molar-refractivity contribution in [2.24, 2.45) is 23.2 Å². The van der Waals surface area contributed by atoms with Gasteiger partial charge in [-0.05, 0) is 62.3 Å². The van der Waals surface area contributed by atoms with E-state index < -0.39 is 41.6 Å². The van der Waals surface area contributed by atoms with Gasteiger partial charge in [0.1, 0.15) is 12.1 Å². The smallest absolute Gasteiger partial charge is 0.289 e. The van der Waals surface area contributed by atoms with Gasteiger partial charge >= 0.3 is 0 Å². The topological polar surface area (TPSA) is 154 Å². The minimum Gasteiger partial charge on any atom is -0.356 e. The van der Waals surface area contributed by atoms with Crippen molar-refractivity contribution in [3.05, 3.63) is 35.9 Å². The molecule has 11 heteroatoms. The van der Waals surface area contributed by atoms with E-state index in [2.05, 4.69) is 21.3 Å². The molecule has 2 bridgehead atoms. The van der Waals surface area contributed by atoms with Crippen LogP contribution < -0.4 is 21.3 Å². The van der Waals surface area contributed by atoms with Crippen LogP contribution in [-0.2, 0) is 35.3 Å². The number of hydrogen-bond donors (Lipinski definition) is 4. The Labute approximate surface area is 245 Å². The van der Waals surface area contributed by atoms with Gasteiger partial charge in [0.15, 0.2) is 0 Å². The number of nitrogens with one attached hydrogen (secondary N) is 4. The van der Waals surface area contributed by atoms with Gasteiger partial charge in [-0.25, -0.2) is 0 Å². The van der Waals surface area contributed by atoms with Gasteiger partial charge in [-0.15, -0.1) is 0 Å². The summed E-state index contributed by atoms with van der Waals surface area (Å²) >= 11 is 0. The van der Waals surface area contributed by atoms with Crippen LogP contribution in [0.15, 0.2) is 30.3 Å². The Morgan fingerprint density at radius 2 is 1.74 bits per heavy atom. The molecule has 226 valence electrons. The van der Waals surface area contributed by atoms with Crippen LogP contribution in [0.5, 0.6) is 0 Å². The van der Waals surface area contributed by atoms with Crippen LogP contribution in [0.4, 0.5) is 0 Å². The first kappa shape index (κ1) is 29.7. The van der Waals surface area contributed by atoms with Gasteiger partial charge in [0.2, 0.25) is 29.4 Å². The van der Waals surface area contributed by atoms with Crippen molar-refractivity contribution in [2.45, 2.75) is 83.5 Å². The summed E-state index contributed by atoms with van der Waals surface area (Å²) in [5.41, 5.74) is 0.483. The van der Waals surface area contributed by atoms with E-state index in [1.54, 1.807) is 0 Å². The molecule has 5 fully saturated rings. The maximum absolute atomic E-state index is 13.7. The fourth-order valence-corrected chi connectivity index (χ4v) is 6.72. The summed E-state index contributed by atoms with van der Waals surface area (Å²) in [6, 6.07) is 6.31. The van der Waals surface area contributed by atoms with Crippen LogP contribution in [0.3, 0.4) is 0 Å². The zero-order valence-electron chi connectivity index (χ0n) is 24.3. The second-order valence-electron chi connectivity index (χ2n) is 12.7. The summed E-state index contributed by atoms with van der Waals surface area (Å²) in [4.78, 5) is 80.2. The van der Waals surface area contributed by atoms with Crippen LogP contribution in [0, 0.1) is 23.2 Å². The van der Waals surface area contributed by atoms with Crippen LogP contribution in [0.1, 0.15) is 64.4 Å². The zero-order chi connectivity index (χ0) is 30.0. The van der Waals surface area contributed by atoms with Crippen molar-refractivity contribution >= 4 is 35.3 Å². The van der Waals surface area contributed by atoms with Gasteiger partial charge in [-0.3, -0.25) is 28.8 Å². The summed E-state index contributed by atoms with van der Waals surface area (Å²) in [7, 11) is 0. The molecule has 11 nitrogen and oxygen atoms in total. The fourth-order valence-electron chi connectivity index (χ4n) is 6.72. The molecular weight excluding hydrogens is 538 g/mol. The standard InChI is InChI=1S/C31H41N5O6/c1-18(2)24(35-30(42)31-14-20(15-31)16-31)29(41)36-12-6-9-23(36)27(39)34-22(13-21-10-11-32-26(21)38)25(37)28(40)33-17-19-7-4-3-5-8-19/h3-5,7-8,18,20-24H,6,9-17H2,1-2H3,(H,32,38)(H,33,40)(H,34,39)(H,35,42)/t20?,21-,22-,23-,24?,31?/m0/s1. The molecule has 6 rings (SSSR count). The molecule has 5 amide bonds. The van der Waals surface area contributed by atoms with E-state index in [0.29, 0.717) is 38.3 Å². The number of likely N-dealkylation sites (tertiary alicyclic amines) is 1. The molecule has 0 aromatic heterocycles. The van der Waals surface area contributed by atoms with Crippen molar-refractivity contribution in [3.8, 4) is 0 Å². The summed E-state index contributed by atoms with van der Waals surface area (Å²) < 4.78 is 0. The molecule has 4 atom stereocenters. The van der Waals surface area contributed by atoms with Crippen LogP contribution in [-0.4, -0.2) is 71.4 Å². The highest BCUT2D eigenvalue weighted by molar-refractivity contribution is 6.38. The van der Waals surface area contributed by atoms with E-state index in [1.165, 1.54) is 4.90 Å². The maximum Gasteiger partial charge on any atom is 0.289 e. The number of benzene rings is 1. The fraction of sp³-hybridized carbons (Fsp3) is 0.613. The highest BCUT2D eigenvalue weighted by Crippen LogP contribution is 2.64. The third-order valence-electron chi connectivity index (χ3n) is 9.41. The molecule has 4 N–H and O–H groups in total. The highest BCUT2D eigenvalue weighted by Gasteiger charge is 2.61. The van der Waals surface area contributed by atoms with Crippen LogP contribution in [0.25, 0.3) is 0 Å². The molecule has 0 radical (unpaired) electrons. The predicted octanol–water partition coefficient (Wildman–Crippen LogP) is 0.815. The lowest BCUT2D eigenvalue weighted by molar-refractivity contribution is -0.167. The number of nitrogens with zero attached hydrogens (tertiary/aromatic N) is 1. The lowest BCUT2D eigenvalue weighted by Gasteiger charge is -2.60. The lowest BCUT2D eigenvalue weighted by atomic mass is 9.44. The van der Waals surface area contributed by atoms with E-state index in [0.717, 1.165) is 24.8 Å². The highest BCUT2D eigenvalue weighted by atomic mass is 16.2. The molecular formula is C31H41N5O6. The Balaban J connectivity index is 1.25. The number of rotatable bonds is 12. The van der Waals surface area contributed by atoms with Crippen molar-refractivity contribution in [1.82, 2.24) is 26.2 Å². The predicted molar refractivity (Wildman–Crippen MR) is 152 cm³/mol. The number of hydrogen-bond acceptors (Lipinski definition) is 6. The molecule has 5 aliphatic rings. The Kier molecular flexibility index (Phi) is 8.65. The van der Waals surface area contributed by atoms with Crippen LogP contribution in [0.2, 0.25) is 0 Å². The monoisotopic (exact) mass is 579 g/mol. The van der Waals surface area contributed by atoms with Crippen molar-refractivity contribution in [3.63, 3.8) is 0 Å². The molecule has 1 unspecified atom stereocenters. The Hall–Kier alpha value is -3.76. The first-order valence-electron chi connectivity index (χ1n) is 15.1.